The molecule has 2 aliphatic heterocycles. The van der Waals surface area contributed by atoms with Crippen LogP contribution < -0.4 is 14.8 Å². The molecule has 226 valence electrons. The van der Waals surface area contributed by atoms with Crippen LogP contribution >= 0.6 is 0 Å². The number of imide groups is 1. The number of carboxylic acids is 1. The van der Waals surface area contributed by atoms with Gasteiger partial charge in [-0.3, -0.25) is 24.6 Å². The van der Waals surface area contributed by atoms with Crippen LogP contribution in [-0.2, 0) is 32.1 Å². The van der Waals surface area contributed by atoms with Gasteiger partial charge in [-0.15, -0.1) is 0 Å². The Bertz CT molecular complexity index is 1780. The third-order valence-electron chi connectivity index (χ3n) is 8.74. The fraction of sp³-hybridized carbons (Fsp3) is 0.273. The lowest BCUT2D eigenvalue weighted by atomic mass is 9.76. The Morgan fingerprint density at radius 2 is 1.68 bits per heavy atom. The molecule has 4 unspecified atom stereocenters. The van der Waals surface area contributed by atoms with E-state index in [9.17, 15) is 24.3 Å². The van der Waals surface area contributed by atoms with E-state index >= 15 is 0 Å². The molecule has 4 atom stereocenters. The van der Waals surface area contributed by atoms with E-state index in [4.69, 9.17) is 14.2 Å². The van der Waals surface area contributed by atoms with Gasteiger partial charge < -0.3 is 24.3 Å². The predicted octanol–water partition coefficient (Wildman–Crippen LogP) is 3.48. The van der Waals surface area contributed by atoms with Gasteiger partial charge in [0.1, 0.15) is 22.6 Å². The standard InChI is InChI=1S/C33H31N3O8/c1-42-20-13-22(25(31(39)44-3)24(14-20)43-2)28-26-27(30(38)36(29(26)37)17-18-9-5-4-6-10-18)33(35-28,32(40)41)15-19-16-34-23-12-8-7-11-21(19)23/h4-14,16,26-28,34-35H,15,17H2,1-3H3,(H,40,41). The van der Waals surface area contributed by atoms with E-state index in [1.165, 1.54) is 27.4 Å². The Labute approximate surface area is 252 Å². The number of nitrogens with zero attached hydrogens (tertiary/aromatic N) is 1. The normalized spacial score (nSPS) is 22.7. The molecule has 11 heteroatoms. The highest BCUT2D eigenvalue weighted by atomic mass is 16.5. The van der Waals surface area contributed by atoms with Gasteiger partial charge in [0.05, 0.1) is 39.7 Å². The van der Waals surface area contributed by atoms with Crippen molar-refractivity contribution in [2.45, 2.75) is 24.5 Å². The lowest BCUT2D eigenvalue weighted by Crippen LogP contribution is -2.57. The SMILES string of the molecule is COC(=O)c1c(OC)cc(OC)cc1C1NC(Cc2c[nH]c3ccccc23)(C(=O)O)C2C(=O)N(Cc3ccccc3)C(=O)C12. The molecule has 3 aromatic carbocycles. The van der Waals surface area contributed by atoms with E-state index in [0.717, 1.165) is 21.4 Å². The molecule has 0 aliphatic carbocycles. The van der Waals surface area contributed by atoms with Crippen LogP contribution in [0.2, 0.25) is 0 Å². The number of benzene rings is 3. The average molecular weight is 598 g/mol. The molecule has 0 saturated carbocycles. The number of methoxy groups -OCH3 is 3. The minimum absolute atomic E-state index is 0.00194. The van der Waals surface area contributed by atoms with Crippen molar-refractivity contribution in [2.24, 2.45) is 11.8 Å². The molecule has 2 amide bonds. The smallest absolute Gasteiger partial charge is 0.341 e. The number of aliphatic carboxylic acids is 1. The lowest BCUT2D eigenvalue weighted by Gasteiger charge is -2.31. The molecule has 1 aromatic heterocycles. The molecule has 3 N–H and O–H groups in total. The first-order valence-corrected chi connectivity index (χ1v) is 14.0. The number of H-pyrrole nitrogens is 1. The lowest BCUT2D eigenvalue weighted by molar-refractivity contribution is -0.151. The van der Waals surface area contributed by atoms with Crippen molar-refractivity contribution in [1.29, 1.82) is 0 Å². The molecule has 6 rings (SSSR count). The first kappa shape index (κ1) is 28.9. The van der Waals surface area contributed by atoms with Crippen LogP contribution in [0, 0.1) is 11.8 Å². The van der Waals surface area contributed by atoms with Crippen LogP contribution in [0.5, 0.6) is 11.5 Å². The molecule has 3 heterocycles. The predicted molar refractivity (Wildman–Crippen MR) is 158 cm³/mol. The van der Waals surface area contributed by atoms with Crippen LogP contribution in [-0.4, -0.2) is 65.6 Å². The van der Waals surface area contributed by atoms with E-state index in [1.54, 1.807) is 36.5 Å². The van der Waals surface area contributed by atoms with Crippen LogP contribution in [0.3, 0.4) is 0 Å². The summed E-state index contributed by atoms with van der Waals surface area (Å²) in [5.74, 6) is -5.21. The van der Waals surface area contributed by atoms with E-state index in [-0.39, 0.29) is 29.8 Å². The van der Waals surface area contributed by atoms with Crippen LogP contribution in [0.4, 0.5) is 0 Å². The maximum absolute atomic E-state index is 14.3. The zero-order chi connectivity index (χ0) is 31.2. The molecule has 2 saturated heterocycles. The van der Waals surface area contributed by atoms with Crippen molar-refractivity contribution in [2.75, 3.05) is 21.3 Å². The van der Waals surface area contributed by atoms with Gasteiger partial charge in [0.2, 0.25) is 11.8 Å². The van der Waals surface area contributed by atoms with Gasteiger partial charge in [-0.05, 0) is 28.8 Å². The molecule has 44 heavy (non-hydrogen) atoms. The molecule has 11 nitrogen and oxygen atoms in total. The monoisotopic (exact) mass is 597 g/mol. The highest BCUT2D eigenvalue weighted by molar-refractivity contribution is 6.10. The van der Waals surface area contributed by atoms with Crippen molar-refractivity contribution < 1.29 is 38.5 Å². The van der Waals surface area contributed by atoms with Crippen molar-refractivity contribution in [3.05, 3.63) is 95.2 Å². The summed E-state index contributed by atoms with van der Waals surface area (Å²) in [6.07, 6.45) is 1.60. The van der Waals surface area contributed by atoms with Crippen molar-refractivity contribution in [1.82, 2.24) is 15.2 Å². The Morgan fingerprint density at radius 1 is 0.955 bits per heavy atom. The number of carboxylic acid groups (broad SMARTS) is 1. The minimum Gasteiger partial charge on any atom is -0.497 e. The Hall–Kier alpha value is -5.16. The molecular formula is C33H31N3O8. The molecular weight excluding hydrogens is 566 g/mol. The number of nitrogens with one attached hydrogen (secondary N) is 2. The fourth-order valence-corrected chi connectivity index (χ4v) is 6.72. The number of esters is 1. The molecule has 4 aromatic rings. The maximum Gasteiger partial charge on any atom is 0.341 e. The highest BCUT2D eigenvalue weighted by Gasteiger charge is 2.68. The zero-order valence-electron chi connectivity index (χ0n) is 24.3. The number of para-hydroxylation sites is 1. The third-order valence-corrected chi connectivity index (χ3v) is 8.74. The number of carbonyl (C=O) groups is 4. The number of ether oxygens (including phenoxy) is 3. The van der Waals surface area contributed by atoms with Crippen LogP contribution in [0.15, 0.2) is 72.9 Å². The second-order valence-electron chi connectivity index (χ2n) is 11.0. The molecule has 0 bridgehead atoms. The Kier molecular flexibility index (Phi) is 7.34. The van der Waals surface area contributed by atoms with E-state index in [2.05, 4.69) is 10.3 Å². The van der Waals surface area contributed by atoms with Crippen molar-refractivity contribution in [3.8, 4) is 11.5 Å². The first-order chi connectivity index (χ1) is 21.2. The van der Waals surface area contributed by atoms with Gasteiger partial charge in [0.25, 0.3) is 0 Å². The van der Waals surface area contributed by atoms with E-state index in [0.29, 0.717) is 11.3 Å². The van der Waals surface area contributed by atoms with Gasteiger partial charge in [-0.2, -0.15) is 0 Å². The number of carbonyl (C=O) groups excluding carboxylic acids is 3. The maximum atomic E-state index is 14.3. The first-order valence-electron chi connectivity index (χ1n) is 14.0. The number of hydrogen-bond donors (Lipinski definition) is 3. The van der Waals surface area contributed by atoms with Crippen molar-refractivity contribution in [3.63, 3.8) is 0 Å². The second kappa shape index (κ2) is 11.2. The van der Waals surface area contributed by atoms with Gasteiger partial charge >= 0.3 is 11.9 Å². The average Bonchev–Trinajstić information content (AvgIpc) is 3.69. The highest BCUT2D eigenvalue weighted by Crippen LogP contribution is 2.52. The number of fused-ring (bicyclic) bond motifs is 2. The third kappa shape index (κ3) is 4.47. The summed E-state index contributed by atoms with van der Waals surface area (Å²) in [4.78, 5) is 59.4. The summed E-state index contributed by atoms with van der Waals surface area (Å²) in [6, 6.07) is 18.4. The molecule has 2 fully saturated rings. The van der Waals surface area contributed by atoms with Gasteiger partial charge in [-0.25, -0.2) is 4.79 Å². The topological polar surface area (TPSA) is 147 Å². The molecule has 2 aliphatic rings. The summed E-state index contributed by atoms with van der Waals surface area (Å²) >= 11 is 0. The van der Waals surface area contributed by atoms with Gasteiger partial charge in [-0.1, -0.05) is 48.5 Å². The quantitative estimate of drug-likeness (QED) is 0.195. The van der Waals surface area contributed by atoms with Crippen molar-refractivity contribution >= 4 is 34.7 Å². The second-order valence-corrected chi connectivity index (χ2v) is 11.0. The Balaban J connectivity index is 1.55. The summed E-state index contributed by atoms with van der Waals surface area (Å²) in [6.45, 7) is -0.0215. The van der Waals surface area contributed by atoms with Crippen LogP contribution in [0.1, 0.15) is 33.1 Å². The number of hydrogen-bond acceptors (Lipinski definition) is 8. The summed E-state index contributed by atoms with van der Waals surface area (Å²) in [5.41, 5.74) is 0.499. The summed E-state index contributed by atoms with van der Waals surface area (Å²) < 4.78 is 16.1. The van der Waals surface area contributed by atoms with Gasteiger partial charge in [0.15, 0.2) is 0 Å². The fourth-order valence-electron chi connectivity index (χ4n) is 6.72. The summed E-state index contributed by atoms with van der Waals surface area (Å²) in [7, 11) is 4.02. The van der Waals surface area contributed by atoms with Gasteiger partial charge in [0, 0.05) is 35.6 Å². The number of amides is 2. The van der Waals surface area contributed by atoms with Crippen LogP contribution in [0.25, 0.3) is 10.9 Å². The molecule has 0 spiro atoms. The zero-order valence-corrected chi connectivity index (χ0v) is 24.3. The number of likely N-dealkylation sites (tertiary alicyclic amines) is 1. The number of rotatable bonds is 9. The van der Waals surface area contributed by atoms with E-state index < -0.39 is 47.2 Å². The molecule has 0 radical (unpaired) electrons. The largest absolute Gasteiger partial charge is 0.497 e. The van der Waals surface area contributed by atoms with E-state index in [1.807, 2.05) is 30.3 Å². The number of aromatic nitrogens is 1. The number of aromatic amines is 1. The summed E-state index contributed by atoms with van der Waals surface area (Å²) in [5, 5.41) is 14.9. The minimum atomic E-state index is -1.91. The Morgan fingerprint density at radius 3 is 2.36 bits per heavy atom.